The van der Waals surface area contributed by atoms with Crippen molar-refractivity contribution in [2.24, 2.45) is 0 Å². The highest BCUT2D eigenvalue weighted by molar-refractivity contribution is 5.95. The van der Waals surface area contributed by atoms with Gasteiger partial charge in [0.2, 0.25) is 0 Å². The highest BCUT2D eigenvalue weighted by Gasteiger charge is 2.08. The molecule has 0 unspecified atom stereocenters. The molecule has 21 heavy (non-hydrogen) atoms. The van der Waals surface area contributed by atoms with E-state index in [1.807, 2.05) is 0 Å². The monoisotopic (exact) mass is 290 g/mol. The molecule has 0 fully saturated rings. The summed E-state index contributed by atoms with van der Waals surface area (Å²) in [5.41, 5.74) is 1.22. The first-order valence-electron chi connectivity index (χ1n) is 5.90. The van der Waals surface area contributed by atoms with Crippen molar-refractivity contribution in [2.75, 3.05) is 7.11 Å². The van der Waals surface area contributed by atoms with Crippen LogP contribution in [0.25, 0.3) is 12.2 Å². The van der Waals surface area contributed by atoms with Crippen LogP contribution in [0.15, 0.2) is 29.8 Å². The fourth-order valence-electron chi connectivity index (χ4n) is 1.60. The summed E-state index contributed by atoms with van der Waals surface area (Å²) >= 11 is 0. The van der Waals surface area contributed by atoms with Gasteiger partial charge >= 0.3 is 17.9 Å². The van der Waals surface area contributed by atoms with Crippen molar-refractivity contribution >= 4 is 30.1 Å². The average molecular weight is 290 g/mol. The number of methoxy groups -OCH3 is 1. The molecule has 1 aromatic carbocycles. The van der Waals surface area contributed by atoms with Gasteiger partial charge in [0.1, 0.15) is 0 Å². The van der Waals surface area contributed by atoms with Crippen LogP contribution in [-0.2, 0) is 14.3 Å². The van der Waals surface area contributed by atoms with Crippen molar-refractivity contribution < 1.29 is 29.3 Å². The Bertz CT molecular complexity index is 640. The fraction of sp³-hybridized carbons (Fsp3) is 0.133. The molecule has 0 atom stereocenters. The van der Waals surface area contributed by atoms with E-state index in [4.69, 9.17) is 10.2 Å². The predicted octanol–water partition coefficient (Wildman–Crippen LogP) is 2.06. The summed E-state index contributed by atoms with van der Waals surface area (Å²) in [6.07, 6.45) is 3.66. The largest absolute Gasteiger partial charge is 0.478 e. The van der Waals surface area contributed by atoms with E-state index in [1.165, 1.54) is 37.5 Å². The maximum atomic E-state index is 11.4. The van der Waals surface area contributed by atoms with Crippen molar-refractivity contribution in [3.05, 3.63) is 46.5 Å². The molecule has 1 rings (SSSR count). The standard InChI is InChI=1S/C15H14O6/c1-9(15(20)21-2)7-10-3-4-12(14(18)19)8-11(10)5-6-13(16)17/h3-8H,1-2H3,(H,16,17)(H,18,19)/b6-5+,9-7+. The molecule has 0 saturated heterocycles. The summed E-state index contributed by atoms with van der Waals surface area (Å²) in [5, 5.41) is 17.6. The lowest BCUT2D eigenvalue weighted by Crippen LogP contribution is -2.02. The molecule has 6 nitrogen and oxygen atoms in total. The second-order valence-corrected chi connectivity index (χ2v) is 4.14. The van der Waals surface area contributed by atoms with Crippen molar-refractivity contribution in [1.29, 1.82) is 0 Å². The number of aromatic carboxylic acids is 1. The first-order valence-corrected chi connectivity index (χ1v) is 5.90. The van der Waals surface area contributed by atoms with Gasteiger partial charge in [-0.25, -0.2) is 14.4 Å². The lowest BCUT2D eigenvalue weighted by atomic mass is 10.0. The zero-order chi connectivity index (χ0) is 16.0. The SMILES string of the molecule is COC(=O)/C(C)=C/c1ccc(C(=O)O)cc1/C=C/C(=O)O. The Morgan fingerprint density at radius 2 is 1.81 bits per heavy atom. The molecular weight excluding hydrogens is 276 g/mol. The van der Waals surface area contributed by atoms with Crippen LogP contribution in [-0.4, -0.2) is 35.2 Å². The van der Waals surface area contributed by atoms with E-state index in [-0.39, 0.29) is 5.56 Å². The number of esters is 1. The predicted molar refractivity (Wildman–Crippen MR) is 75.7 cm³/mol. The molecule has 0 heterocycles. The van der Waals surface area contributed by atoms with E-state index < -0.39 is 17.9 Å². The summed E-state index contributed by atoms with van der Waals surface area (Å²) < 4.78 is 4.57. The second-order valence-electron chi connectivity index (χ2n) is 4.14. The fourth-order valence-corrected chi connectivity index (χ4v) is 1.60. The third-order valence-corrected chi connectivity index (χ3v) is 2.62. The normalized spacial score (nSPS) is 11.4. The number of ether oxygens (including phenoxy) is 1. The van der Waals surface area contributed by atoms with E-state index in [2.05, 4.69) is 4.74 Å². The summed E-state index contributed by atoms with van der Waals surface area (Å²) in [7, 11) is 1.25. The highest BCUT2D eigenvalue weighted by atomic mass is 16.5. The number of aliphatic carboxylic acids is 1. The van der Waals surface area contributed by atoms with Gasteiger partial charge in [0.05, 0.1) is 12.7 Å². The smallest absolute Gasteiger partial charge is 0.335 e. The first-order chi connectivity index (χ1) is 9.85. The van der Waals surface area contributed by atoms with Crippen molar-refractivity contribution in [1.82, 2.24) is 0 Å². The summed E-state index contributed by atoms with van der Waals surface area (Å²) in [4.78, 5) is 32.9. The number of carbonyl (C=O) groups excluding carboxylic acids is 1. The third kappa shape index (κ3) is 4.61. The molecule has 0 bridgehead atoms. The molecule has 6 heteroatoms. The maximum Gasteiger partial charge on any atom is 0.335 e. The Morgan fingerprint density at radius 3 is 2.33 bits per heavy atom. The van der Waals surface area contributed by atoms with Crippen LogP contribution in [0.2, 0.25) is 0 Å². The molecule has 2 N–H and O–H groups in total. The molecule has 0 aliphatic rings. The number of carboxylic acids is 2. The lowest BCUT2D eigenvalue weighted by Gasteiger charge is -2.05. The number of hydrogen-bond donors (Lipinski definition) is 2. The van der Waals surface area contributed by atoms with Crippen LogP contribution < -0.4 is 0 Å². The minimum Gasteiger partial charge on any atom is -0.478 e. The van der Waals surface area contributed by atoms with Gasteiger partial charge in [-0.15, -0.1) is 0 Å². The first kappa shape index (κ1) is 16.2. The van der Waals surface area contributed by atoms with Crippen LogP contribution in [0, 0.1) is 0 Å². The van der Waals surface area contributed by atoms with Gasteiger partial charge in [-0.1, -0.05) is 6.07 Å². The molecule has 1 aromatic rings. The van der Waals surface area contributed by atoms with Gasteiger partial charge in [-0.3, -0.25) is 0 Å². The lowest BCUT2D eigenvalue weighted by molar-refractivity contribution is -0.136. The zero-order valence-corrected chi connectivity index (χ0v) is 11.5. The number of carbonyl (C=O) groups is 3. The molecule has 110 valence electrons. The van der Waals surface area contributed by atoms with Crippen molar-refractivity contribution in [2.45, 2.75) is 6.92 Å². The van der Waals surface area contributed by atoms with E-state index >= 15 is 0 Å². The molecule has 0 radical (unpaired) electrons. The highest BCUT2D eigenvalue weighted by Crippen LogP contribution is 2.18. The number of benzene rings is 1. The topological polar surface area (TPSA) is 101 Å². The van der Waals surface area contributed by atoms with E-state index in [0.29, 0.717) is 16.7 Å². The molecular formula is C15H14O6. The Hall–Kier alpha value is -2.89. The van der Waals surface area contributed by atoms with Crippen molar-refractivity contribution in [3.63, 3.8) is 0 Å². The molecule has 0 amide bonds. The van der Waals surface area contributed by atoms with Crippen LogP contribution in [0.1, 0.15) is 28.4 Å². The average Bonchev–Trinajstić information content (AvgIpc) is 2.44. The Kier molecular flexibility index (Phi) is 5.42. The second kappa shape index (κ2) is 7.04. The van der Waals surface area contributed by atoms with Gasteiger partial charge in [-0.05, 0) is 42.3 Å². The Morgan fingerprint density at radius 1 is 1.14 bits per heavy atom. The summed E-state index contributed by atoms with van der Waals surface area (Å²) in [6.45, 7) is 1.54. The third-order valence-electron chi connectivity index (χ3n) is 2.62. The van der Waals surface area contributed by atoms with Gasteiger partial charge < -0.3 is 14.9 Å². The van der Waals surface area contributed by atoms with Crippen LogP contribution in [0.3, 0.4) is 0 Å². The van der Waals surface area contributed by atoms with Crippen LogP contribution in [0.4, 0.5) is 0 Å². The quantitative estimate of drug-likeness (QED) is 0.636. The maximum absolute atomic E-state index is 11.4. The van der Waals surface area contributed by atoms with E-state index in [9.17, 15) is 14.4 Å². The van der Waals surface area contributed by atoms with Crippen molar-refractivity contribution in [3.8, 4) is 0 Å². The molecule has 0 spiro atoms. The van der Waals surface area contributed by atoms with E-state index in [0.717, 1.165) is 6.08 Å². The Labute approximate surface area is 121 Å². The number of carboxylic acid groups (broad SMARTS) is 2. The van der Waals surface area contributed by atoms with Gasteiger partial charge in [0.15, 0.2) is 0 Å². The van der Waals surface area contributed by atoms with Gasteiger partial charge in [0.25, 0.3) is 0 Å². The van der Waals surface area contributed by atoms with Crippen LogP contribution >= 0.6 is 0 Å². The summed E-state index contributed by atoms with van der Waals surface area (Å²) in [5.74, 6) is -2.80. The van der Waals surface area contributed by atoms with Gasteiger partial charge in [-0.2, -0.15) is 0 Å². The van der Waals surface area contributed by atoms with Crippen LogP contribution in [0.5, 0.6) is 0 Å². The minimum absolute atomic E-state index is 0.0212. The van der Waals surface area contributed by atoms with E-state index in [1.54, 1.807) is 6.92 Å². The minimum atomic E-state index is -1.16. The summed E-state index contributed by atoms with van der Waals surface area (Å²) in [6, 6.07) is 4.20. The molecule has 0 aromatic heterocycles. The zero-order valence-electron chi connectivity index (χ0n) is 11.5. The number of hydrogen-bond acceptors (Lipinski definition) is 4. The molecule has 0 saturated carbocycles. The van der Waals surface area contributed by atoms with Gasteiger partial charge in [0, 0.05) is 11.6 Å². The number of rotatable bonds is 5. The molecule has 0 aliphatic carbocycles. The molecule has 0 aliphatic heterocycles. The Balaban J connectivity index is 3.33.